The third-order valence-corrected chi connectivity index (χ3v) is 3.47. The van der Waals surface area contributed by atoms with Gasteiger partial charge in [-0.25, -0.2) is 0 Å². The van der Waals surface area contributed by atoms with Crippen LogP contribution in [0.1, 0.15) is 18.2 Å². The van der Waals surface area contributed by atoms with Gasteiger partial charge in [0.2, 0.25) is 0 Å². The molecule has 3 nitrogen and oxygen atoms in total. The molecule has 0 aliphatic rings. The average Bonchev–Trinajstić information content (AvgIpc) is 2.70. The number of aromatic nitrogens is 2. The van der Waals surface area contributed by atoms with Gasteiger partial charge in [0.25, 0.3) is 0 Å². The van der Waals surface area contributed by atoms with Gasteiger partial charge >= 0.3 is 0 Å². The first-order valence-corrected chi connectivity index (χ1v) is 6.36. The zero-order valence-electron chi connectivity index (χ0n) is 9.20. The number of nitriles is 1. The maximum Gasteiger partial charge on any atom is 0.182 e. The van der Waals surface area contributed by atoms with E-state index in [1.54, 1.807) is 12.1 Å². The minimum atomic E-state index is 0.626. The molecule has 1 heterocycles. The van der Waals surface area contributed by atoms with Gasteiger partial charge < -0.3 is 4.98 Å². The molecule has 0 amide bonds. The van der Waals surface area contributed by atoms with Crippen LogP contribution in [-0.4, -0.2) is 9.55 Å². The van der Waals surface area contributed by atoms with E-state index >= 15 is 0 Å². The number of nitrogens with one attached hydrogen (secondary N) is 1. The Balaban J connectivity index is 2.65. The van der Waals surface area contributed by atoms with E-state index in [2.05, 4.69) is 33.9 Å². The van der Waals surface area contributed by atoms with Gasteiger partial charge in [0.15, 0.2) is 4.77 Å². The molecule has 0 bridgehead atoms. The summed E-state index contributed by atoms with van der Waals surface area (Å²) in [6, 6.07) is 7.59. The number of benzene rings is 1. The lowest BCUT2D eigenvalue weighted by Crippen LogP contribution is -2.00. The first kappa shape index (κ1) is 12.1. The van der Waals surface area contributed by atoms with Crippen LogP contribution in [0.3, 0.4) is 0 Å². The molecule has 0 saturated carbocycles. The molecule has 2 rings (SSSR count). The van der Waals surface area contributed by atoms with Crippen LogP contribution in [0.5, 0.6) is 0 Å². The highest BCUT2D eigenvalue weighted by Crippen LogP contribution is 2.24. The second-order valence-electron chi connectivity index (χ2n) is 3.55. The summed E-state index contributed by atoms with van der Waals surface area (Å²) in [6.45, 7) is 2.08. The van der Waals surface area contributed by atoms with Crippen molar-refractivity contribution in [3.05, 3.63) is 44.9 Å². The molecule has 0 atom stereocenters. The van der Waals surface area contributed by atoms with Crippen molar-refractivity contribution in [1.29, 1.82) is 5.26 Å². The SMILES string of the molecule is CCc1c[nH]c(=S)n1-c1ccc(C#N)cc1Br. The third-order valence-electron chi connectivity index (χ3n) is 2.53. The standard InChI is InChI=1S/C12H10BrN3S/c1-2-9-7-15-12(17)16(9)11-4-3-8(6-14)5-10(11)13/h3-5,7H,2H2,1H3,(H,15,17). The Hall–Kier alpha value is -1.38. The largest absolute Gasteiger partial charge is 0.337 e. The van der Waals surface area contributed by atoms with Crippen LogP contribution in [0, 0.1) is 16.1 Å². The molecule has 17 heavy (non-hydrogen) atoms. The van der Waals surface area contributed by atoms with E-state index in [1.165, 1.54) is 0 Å². The van der Waals surface area contributed by atoms with Crippen molar-refractivity contribution in [2.45, 2.75) is 13.3 Å². The van der Waals surface area contributed by atoms with Crippen LogP contribution in [0.2, 0.25) is 0 Å². The van der Waals surface area contributed by atoms with E-state index in [0.29, 0.717) is 10.3 Å². The van der Waals surface area contributed by atoms with E-state index in [9.17, 15) is 0 Å². The van der Waals surface area contributed by atoms with Gasteiger partial charge in [0.1, 0.15) is 0 Å². The first-order chi connectivity index (χ1) is 8.17. The van der Waals surface area contributed by atoms with Crippen molar-refractivity contribution >= 4 is 28.1 Å². The molecular formula is C12H10BrN3S. The van der Waals surface area contributed by atoms with Crippen LogP contribution in [-0.2, 0) is 6.42 Å². The topological polar surface area (TPSA) is 44.5 Å². The van der Waals surface area contributed by atoms with E-state index in [4.69, 9.17) is 17.5 Å². The Labute approximate surface area is 113 Å². The lowest BCUT2D eigenvalue weighted by Gasteiger charge is -2.09. The first-order valence-electron chi connectivity index (χ1n) is 5.16. The number of rotatable bonds is 2. The number of aromatic amines is 1. The third kappa shape index (κ3) is 2.19. The number of imidazole rings is 1. The lowest BCUT2D eigenvalue weighted by atomic mass is 10.2. The zero-order chi connectivity index (χ0) is 12.4. The Bertz CT molecular complexity index is 649. The van der Waals surface area contributed by atoms with Gasteiger partial charge in [-0.05, 0) is 52.8 Å². The van der Waals surface area contributed by atoms with Gasteiger partial charge in [0.05, 0.1) is 17.3 Å². The van der Waals surface area contributed by atoms with Crippen LogP contribution < -0.4 is 0 Å². The van der Waals surface area contributed by atoms with E-state index in [-0.39, 0.29) is 0 Å². The minimum absolute atomic E-state index is 0.626. The Morgan fingerprint density at radius 1 is 1.53 bits per heavy atom. The number of aryl methyl sites for hydroxylation is 1. The summed E-state index contributed by atoms with van der Waals surface area (Å²) < 4.78 is 3.50. The lowest BCUT2D eigenvalue weighted by molar-refractivity contribution is 0.918. The summed E-state index contributed by atoms with van der Waals surface area (Å²) in [5, 5.41) is 8.83. The molecule has 0 unspecified atom stereocenters. The summed E-state index contributed by atoms with van der Waals surface area (Å²) in [7, 11) is 0. The Morgan fingerprint density at radius 3 is 2.88 bits per heavy atom. The van der Waals surface area contributed by atoms with Crippen molar-refractivity contribution in [2.75, 3.05) is 0 Å². The second kappa shape index (κ2) is 4.86. The molecule has 0 radical (unpaired) electrons. The summed E-state index contributed by atoms with van der Waals surface area (Å²) in [5.41, 5.74) is 2.69. The molecule has 0 aliphatic carbocycles. The number of H-pyrrole nitrogens is 1. The molecule has 1 aromatic heterocycles. The zero-order valence-corrected chi connectivity index (χ0v) is 11.6. The summed E-state index contributed by atoms with van der Waals surface area (Å²) in [4.78, 5) is 3.03. The van der Waals surface area contributed by atoms with Crippen LogP contribution in [0.25, 0.3) is 5.69 Å². The molecule has 2 aromatic rings. The predicted octanol–water partition coefficient (Wildman–Crippen LogP) is 3.73. The Kier molecular flexibility index (Phi) is 3.46. The van der Waals surface area contributed by atoms with Crippen molar-refractivity contribution in [3.63, 3.8) is 0 Å². The average molecular weight is 308 g/mol. The van der Waals surface area contributed by atoms with Crippen molar-refractivity contribution in [2.24, 2.45) is 0 Å². The maximum atomic E-state index is 8.83. The quantitative estimate of drug-likeness (QED) is 0.859. The number of hydrogen-bond donors (Lipinski definition) is 1. The molecule has 5 heteroatoms. The minimum Gasteiger partial charge on any atom is -0.337 e. The molecule has 0 aliphatic heterocycles. The van der Waals surface area contributed by atoms with E-state index in [1.807, 2.05) is 16.8 Å². The molecule has 0 spiro atoms. The van der Waals surface area contributed by atoms with Crippen LogP contribution in [0.15, 0.2) is 28.9 Å². The normalized spacial score (nSPS) is 10.2. The molecule has 1 N–H and O–H groups in total. The molecule has 0 saturated heterocycles. The smallest absolute Gasteiger partial charge is 0.182 e. The monoisotopic (exact) mass is 307 g/mol. The second-order valence-corrected chi connectivity index (χ2v) is 4.79. The van der Waals surface area contributed by atoms with Crippen molar-refractivity contribution in [1.82, 2.24) is 9.55 Å². The highest BCUT2D eigenvalue weighted by Gasteiger charge is 2.08. The fourth-order valence-electron chi connectivity index (χ4n) is 1.69. The number of hydrogen-bond acceptors (Lipinski definition) is 2. The fourth-order valence-corrected chi connectivity index (χ4v) is 2.52. The summed E-state index contributed by atoms with van der Waals surface area (Å²) in [5.74, 6) is 0. The maximum absolute atomic E-state index is 8.83. The predicted molar refractivity (Wildman–Crippen MR) is 72.7 cm³/mol. The number of halogens is 1. The van der Waals surface area contributed by atoms with Crippen molar-refractivity contribution < 1.29 is 0 Å². The molecular weight excluding hydrogens is 298 g/mol. The van der Waals surface area contributed by atoms with Gasteiger partial charge in [-0.1, -0.05) is 6.92 Å². The van der Waals surface area contributed by atoms with Gasteiger partial charge in [0, 0.05) is 16.4 Å². The van der Waals surface area contributed by atoms with Gasteiger partial charge in [-0.15, -0.1) is 0 Å². The van der Waals surface area contributed by atoms with E-state index in [0.717, 1.165) is 22.3 Å². The highest BCUT2D eigenvalue weighted by atomic mass is 79.9. The van der Waals surface area contributed by atoms with Gasteiger partial charge in [-0.2, -0.15) is 5.26 Å². The molecule has 1 aromatic carbocycles. The summed E-state index contributed by atoms with van der Waals surface area (Å²) in [6.07, 6.45) is 2.80. The molecule has 86 valence electrons. The van der Waals surface area contributed by atoms with Gasteiger partial charge in [-0.3, -0.25) is 4.57 Å². The van der Waals surface area contributed by atoms with Crippen LogP contribution >= 0.6 is 28.1 Å². The highest BCUT2D eigenvalue weighted by molar-refractivity contribution is 9.10. The molecule has 0 fully saturated rings. The van der Waals surface area contributed by atoms with E-state index < -0.39 is 0 Å². The summed E-state index contributed by atoms with van der Waals surface area (Å²) >= 11 is 8.74. The fraction of sp³-hybridized carbons (Fsp3) is 0.167. The Morgan fingerprint density at radius 2 is 2.29 bits per heavy atom. The van der Waals surface area contributed by atoms with Crippen molar-refractivity contribution in [3.8, 4) is 11.8 Å². The van der Waals surface area contributed by atoms with Crippen LogP contribution in [0.4, 0.5) is 0 Å². The number of nitrogens with zero attached hydrogens (tertiary/aromatic N) is 2.